The zero-order chi connectivity index (χ0) is 13.0. The fourth-order valence-electron chi connectivity index (χ4n) is 2.26. The van der Waals surface area contributed by atoms with Gasteiger partial charge in [0.2, 0.25) is 5.91 Å². The number of carbonyl (C=O) groups excluding carboxylic acids is 1. The predicted octanol–water partition coefficient (Wildman–Crippen LogP) is 0.687. The first kappa shape index (κ1) is 13.1. The van der Waals surface area contributed by atoms with Crippen molar-refractivity contribution in [1.29, 1.82) is 0 Å². The highest BCUT2D eigenvalue weighted by Crippen LogP contribution is 2.16. The number of benzene rings is 1. The summed E-state index contributed by atoms with van der Waals surface area (Å²) in [7, 11) is 1.84. The lowest BCUT2D eigenvalue weighted by Gasteiger charge is -2.31. The van der Waals surface area contributed by atoms with Gasteiger partial charge >= 0.3 is 0 Å². The van der Waals surface area contributed by atoms with Gasteiger partial charge in [-0.15, -0.1) is 0 Å². The molecular weight excluding hydrogens is 226 g/mol. The zero-order valence-corrected chi connectivity index (χ0v) is 11.1. The molecule has 0 bridgehead atoms. The van der Waals surface area contributed by atoms with Crippen LogP contribution in [0.15, 0.2) is 24.3 Å². The SMILES string of the molecule is CN[C@@H](C(=O)N1CCNCC1)c1ccc(C)cc1. The summed E-state index contributed by atoms with van der Waals surface area (Å²) in [5.74, 6) is 0.169. The van der Waals surface area contributed by atoms with Gasteiger partial charge in [0, 0.05) is 26.2 Å². The van der Waals surface area contributed by atoms with E-state index in [2.05, 4.69) is 17.6 Å². The van der Waals surface area contributed by atoms with E-state index in [-0.39, 0.29) is 11.9 Å². The predicted molar refractivity (Wildman–Crippen MR) is 72.4 cm³/mol. The molecule has 1 aliphatic heterocycles. The zero-order valence-electron chi connectivity index (χ0n) is 11.1. The van der Waals surface area contributed by atoms with Crippen LogP contribution in [0.3, 0.4) is 0 Å². The minimum absolute atomic E-state index is 0.169. The van der Waals surface area contributed by atoms with Crippen LogP contribution in [-0.2, 0) is 4.79 Å². The number of hydrogen-bond acceptors (Lipinski definition) is 3. The molecule has 4 nitrogen and oxygen atoms in total. The van der Waals surface area contributed by atoms with Crippen LogP contribution in [0.1, 0.15) is 17.2 Å². The van der Waals surface area contributed by atoms with Gasteiger partial charge in [-0.05, 0) is 19.5 Å². The number of hydrogen-bond donors (Lipinski definition) is 2. The molecule has 0 radical (unpaired) electrons. The second-order valence-corrected chi connectivity index (χ2v) is 4.71. The molecule has 1 saturated heterocycles. The van der Waals surface area contributed by atoms with E-state index in [0.717, 1.165) is 31.7 Å². The van der Waals surface area contributed by atoms with Crippen molar-refractivity contribution in [2.24, 2.45) is 0 Å². The van der Waals surface area contributed by atoms with Crippen LogP contribution in [0, 0.1) is 6.92 Å². The standard InChI is InChI=1S/C14H21N3O/c1-11-3-5-12(6-4-11)13(15-2)14(18)17-9-7-16-8-10-17/h3-6,13,15-16H,7-10H2,1-2H3/t13-/m1/s1. The van der Waals surface area contributed by atoms with Gasteiger partial charge in [-0.2, -0.15) is 0 Å². The minimum atomic E-state index is -0.233. The normalized spacial score (nSPS) is 17.6. The molecule has 1 atom stereocenters. The molecule has 1 heterocycles. The Balaban J connectivity index is 2.12. The van der Waals surface area contributed by atoms with Crippen LogP contribution in [0.2, 0.25) is 0 Å². The molecule has 2 N–H and O–H groups in total. The van der Waals surface area contributed by atoms with E-state index in [9.17, 15) is 4.79 Å². The summed E-state index contributed by atoms with van der Waals surface area (Å²) in [4.78, 5) is 14.4. The quantitative estimate of drug-likeness (QED) is 0.826. The van der Waals surface area contributed by atoms with E-state index in [0.29, 0.717) is 0 Å². The molecule has 0 aliphatic carbocycles. The average molecular weight is 247 g/mol. The van der Waals surface area contributed by atoms with Crippen molar-refractivity contribution in [3.05, 3.63) is 35.4 Å². The number of rotatable bonds is 3. The summed E-state index contributed by atoms with van der Waals surface area (Å²) >= 11 is 0. The van der Waals surface area contributed by atoms with Crippen LogP contribution in [-0.4, -0.2) is 44.0 Å². The van der Waals surface area contributed by atoms with E-state index < -0.39 is 0 Å². The molecule has 98 valence electrons. The molecule has 18 heavy (non-hydrogen) atoms. The largest absolute Gasteiger partial charge is 0.338 e. The average Bonchev–Trinajstić information content (AvgIpc) is 2.42. The van der Waals surface area contributed by atoms with Gasteiger partial charge in [0.1, 0.15) is 6.04 Å². The second-order valence-electron chi connectivity index (χ2n) is 4.71. The summed E-state index contributed by atoms with van der Waals surface area (Å²) < 4.78 is 0. The molecule has 1 aromatic rings. The van der Waals surface area contributed by atoms with Crippen LogP contribution in [0.5, 0.6) is 0 Å². The van der Waals surface area contributed by atoms with E-state index in [1.165, 1.54) is 5.56 Å². The molecule has 1 amide bonds. The van der Waals surface area contributed by atoms with E-state index in [1.807, 2.05) is 36.2 Å². The molecule has 1 aromatic carbocycles. The molecule has 0 aromatic heterocycles. The third-order valence-corrected chi connectivity index (χ3v) is 3.37. The number of carbonyl (C=O) groups is 1. The van der Waals surface area contributed by atoms with Crippen molar-refractivity contribution < 1.29 is 4.79 Å². The Morgan fingerprint density at radius 1 is 1.28 bits per heavy atom. The highest BCUT2D eigenvalue weighted by atomic mass is 16.2. The van der Waals surface area contributed by atoms with Crippen LogP contribution in [0.4, 0.5) is 0 Å². The Hall–Kier alpha value is -1.39. The maximum absolute atomic E-state index is 12.5. The Morgan fingerprint density at radius 3 is 2.44 bits per heavy atom. The van der Waals surface area contributed by atoms with Crippen molar-refractivity contribution in [3.63, 3.8) is 0 Å². The van der Waals surface area contributed by atoms with Gasteiger partial charge in [0.05, 0.1) is 0 Å². The maximum Gasteiger partial charge on any atom is 0.244 e. The smallest absolute Gasteiger partial charge is 0.244 e. The van der Waals surface area contributed by atoms with E-state index in [1.54, 1.807) is 0 Å². The lowest BCUT2D eigenvalue weighted by molar-refractivity contribution is -0.134. The number of piperazine rings is 1. The molecule has 2 rings (SSSR count). The molecule has 0 saturated carbocycles. The van der Waals surface area contributed by atoms with Crippen LogP contribution < -0.4 is 10.6 Å². The number of nitrogens with one attached hydrogen (secondary N) is 2. The summed E-state index contributed by atoms with van der Waals surface area (Å²) in [5.41, 5.74) is 2.25. The van der Waals surface area contributed by atoms with Gasteiger partial charge in [0.25, 0.3) is 0 Å². The van der Waals surface area contributed by atoms with Gasteiger partial charge in [-0.1, -0.05) is 29.8 Å². The van der Waals surface area contributed by atoms with E-state index >= 15 is 0 Å². The van der Waals surface area contributed by atoms with Crippen LogP contribution >= 0.6 is 0 Å². The molecule has 1 aliphatic rings. The molecular formula is C14H21N3O. The first-order chi connectivity index (χ1) is 8.72. The van der Waals surface area contributed by atoms with Gasteiger partial charge in [-0.25, -0.2) is 0 Å². The highest BCUT2D eigenvalue weighted by molar-refractivity contribution is 5.83. The molecule has 4 heteroatoms. The van der Waals surface area contributed by atoms with Gasteiger partial charge < -0.3 is 15.5 Å². The summed E-state index contributed by atoms with van der Waals surface area (Å²) in [5, 5.41) is 6.38. The van der Waals surface area contributed by atoms with Crippen molar-refractivity contribution in [2.75, 3.05) is 33.2 Å². The molecule has 0 unspecified atom stereocenters. The van der Waals surface area contributed by atoms with Gasteiger partial charge in [-0.3, -0.25) is 4.79 Å². The number of aryl methyl sites for hydroxylation is 1. The van der Waals surface area contributed by atoms with Crippen molar-refractivity contribution in [1.82, 2.24) is 15.5 Å². The lowest BCUT2D eigenvalue weighted by atomic mass is 10.0. The highest BCUT2D eigenvalue weighted by Gasteiger charge is 2.25. The molecule has 1 fully saturated rings. The monoisotopic (exact) mass is 247 g/mol. The Morgan fingerprint density at radius 2 is 1.89 bits per heavy atom. The Bertz CT molecular complexity index is 396. The fourth-order valence-corrected chi connectivity index (χ4v) is 2.26. The number of amides is 1. The minimum Gasteiger partial charge on any atom is -0.338 e. The Kier molecular flexibility index (Phi) is 4.33. The fraction of sp³-hybridized carbons (Fsp3) is 0.500. The van der Waals surface area contributed by atoms with Crippen molar-refractivity contribution >= 4 is 5.91 Å². The topological polar surface area (TPSA) is 44.4 Å². The van der Waals surface area contributed by atoms with E-state index in [4.69, 9.17) is 0 Å². The third kappa shape index (κ3) is 2.89. The Labute approximate surface area is 108 Å². The van der Waals surface area contributed by atoms with Crippen LogP contribution in [0.25, 0.3) is 0 Å². The summed E-state index contributed by atoms with van der Waals surface area (Å²) in [6, 6.07) is 7.91. The summed E-state index contributed by atoms with van der Waals surface area (Å²) in [6.07, 6.45) is 0. The maximum atomic E-state index is 12.5. The lowest BCUT2D eigenvalue weighted by Crippen LogP contribution is -2.49. The first-order valence-corrected chi connectivity index (χ1v) is 6.45. The molecule has 0 spiro atoms. The third-order valence-electron chi connectivity index (χ3n) is 3.37. The van der Waals surface area contributed by atoms with Gasteiger partial charge in [0.15, 0.2) is 0 Å². The van der Waals surface area contributed by atoms with Crippen molar-refractivity contribution in [2.45, 2.75) is 13.0 Å². The van der Waals surface area contributed by atoms with Crippen molar-refractivity contribution in [3.8, 4) is 0 Å². The first-order valence-electron chi connectivity index (χ1n) is 6.45. The second kappa shape index (κ2) is 5.98. The summed E-state index contributed by atoms with van der Waals surface area (Å²) in [6.45, 7) is 5.41. The number of nitrogens with zero attached hydrogens (tertiary/aromatic N) is 1. The number of likely N-dealkylation sites (N-methyl/N-ethyl adjacent to an activating group) is 1.